The molecular weight excluding hydrogens is 362 g/mol. The highest BCUT2D eigenvalue weighted by Crippen LogP contribution is 2.40. The van der Waals surface area contributed by atoms with E-state index in [0.29, 0.717) is 12.2 Å². The van der Waals surface area contributed by atoms with Crippen LogP contribution in [0.25, 0.3) is 0 Å². The van der Waals surface area contributed by atoms with Crippen molar-refractivity contribution in [2.24, 2.45) is 0 Å². The van der Waals surface area contributed by atoms with Gasteiger partial charge in [-0.1, -0.05) is 45.0 Å². The smallest absolute Gasteiger partial charge is 0.261 e. The summed E-state index contributed by atoms with van der Waals surface area (Å²) < 4.78 is 12.0. The predicted octanol–water partition coefficient (Wildman–Crippen LogP) is 5.48. The van der Waals surface area contributed by atoms with E-state index in [1.165, 1.54) is 5.56 Å². The molecule has 3 rings (SSSR count). The van der Waals surface area contributed by atoms with E-state index in [1.54, 1.807) is 6.92 Å². The van der Waals surface area contributed by atoms with Crippen LogP contribution in [0.5, 0.6) is 11.5 Å². The third-order valence-electron chi connectivity index (χ3n) is 5.35. The molecule has 1 aliphatic rings. The van der Waals surface area contributed by atoms with Crippen molar-refractivity contribution in [2.45, 2.75) is 78.0 Å². The van der Waals surface area contributed by atoms with Gasteiger partial charge in [0.05, 0.1) is 6.04 Å². The summed E-state index contributed by atoms with van der Waals surface area (Å²) in [6.07, 6.45) is 0.122. The average molecular weight is 396 g/mol. The van der Waals surface area contributed by atoms with Gasteiger partial charge in [0, 0.05) is 12.0 Å². The van der Waals surface area contributed by atoms with Gasteiger partial charge in [0.2, 0.25) is 0 Å². The summed E-state index contributed by atoms with van der Waals surface area (Å²) >= 11 is 0. The van der Waals surface area contributed by atoms with Gasteiger partial charge in [-0.3, -0.25) is 4.79 Å². The first kappa shape index (κ1) is 21.2. The van der Waals surface area contributed by atoms with Crippen LogP contribution in [0.15, 0.2) is 42.5 Å². The van der Waals surface area contributed by atoms with E-state index < -0.39 is 6.10 Å². The van der Waals surface area contributed by atoms with Gasteiger partial charge in [-0.2, -0.15) is 0 Å². The van der Waals surface area contributed by atoms with Gasteiger partial charge in [-0.05, 0) is 62.4 Å². The molecule has 4 nitrogen and oxygen atoms in total. The van der Waals surface area contributed by atoms with Crippen LogP contribution in [0, 0.1) is 6.92 Å². The number of hydrogen-bond donors (Lipinski definition) is 1. The van der Waals surface area contributed by atoms with E-state index in [-0.39, 0.29) is 23.0 Å². The molecule has 1 N–H and O–H groups in total. The molecule has 0 saturated heterocycles. The van der Waals surface area contributed by atoms with Crippen LogP contribution in [-0.2, 0) is 10.2 Å². The minimum Gasteiger partial charge on any atom is -0.487 e. The Morgan fingerprint density at radius 2 is 1.83 bits per heavy atom. The first-order valence-corrected chi connectivity index (χ1v) is 10.3. The topological polar surface area (TPSA) is 47.6 Å². The zero-order valence-electron chi connectivity index (χ0n) is 18.6. The molecular formula is C25H33NO3. The Balaban J connectivity index is 1.70. The number of rotatable bonds is 4. The maximum atomic E-state index is 12.9. The maximum Gasteiger partial charge on any atom is 0.261 e. The Kier molecular flexibility index (Phi) is 5.66. The molecule has 0 bridgehead atoms. The summed E-state index contributed by atoms with van der Waals surface area (Å²) in [6, 6.07) is 14.0. The number of hydrogen-bond acceptors (Lipinski definition) is 3. The first-order chi connectivity index (χ1) is 13.4. The largest absolute Gasteiger partial charge is 0.487 e. The molecule has 0 saturated carbocycles. The summed E-state index contributed by atoms with van der Waals surface area (Å²) in [5.74, 6) is 1.42. The molecule has 2 aromatic carbocycles. The zero-order valence-corrected chi connectivity index (χ0v) is 18.6. The molecule has 0 unspecified atom stereocenters. The van der Waals surface area contributed by atoms with Gasteiger partial charge < -0.3 is 14.8 Å². The fraction of sp³-hybridized carbons (Fsp3) is 0.480. The number of nitrogens with one attached hydrogen (secondary N) is 1. The van der Waals surface area contributed by atoms with Crippen LogP contribution in [0.3, 0.4) is 0 Å². The third kappa shape index (κ3) is 5.11. The number of aryl methyl sites for hydroxylation is 1. The van der Waals surface area contributed by atoms with Crippen LogP contribution in [0.1, 0.15) is 70.7 Å². The van der Waals surface area contributed by atoms with Gasteiger partial charge in [0.1, 0.15) is 17.1 Å². The Labute approximate surface area is 174 Å². The van der Waals surface area contributed by atoms with Crippen molar-refractivity contribution in [1.29, 1.82) is 0 Å². The number of carbonyl (C=O) groups is 1. The Morgan fingerprint density at radius 1 is 1.17 bits per heavy atom. The number of ether oxygens (including phenoxy) is 2. The fourth-order valence-corrected chi connectivity index (χ4v) is 3.67. The average Bonchev–Trinajstić information content (AvgIpc) is 2.59. The number of fused-ring (bicyclic) bond motifs is 1. The third-order valence-corrected chi connectivity index (χ3v) is 5.35. The fourth-order valence-electron chi connectivity index (χ4n) is 3.67. The van der Waals surface area contributed by atoms with Crippen LogP contribution in [0.4, 0.5) is 0 Å². The van der Waals surface area contributed by atoms with Crippen molar-refractivity contribution in [3.05, 3.63) is 59.2 Å². The van der Waals surface area contributed by atoms with Gasteiger partial charge in [0.15, 0.2) is 6.10 Å². The Bertz CT molecular complexity index is 878. The van der Waals surface area contributed by atoms with Crippen LogP contribution in [0.2, 0.25) is 0 Å². The summed E-state index contributed by atoms with van der Waals surface area (Å²) in [4.78, 5) is 12.9. The van der Waals surface area contributed by atoms with Crippen molar-refractivity contribution in [3.8, 4) is 11.5 Å². The molecule has 156 valence electrons. The lowest BCUT2D eigenvalue weighted by Gasteiger charge is -2.38. The van der Waals surface area contributed by atoms with E-state index in [4.69, 9.17) is 9.47 Å². The molecule has 1 aliphatic heterocycles. The highest BCUT2D eigenvalue weighted by molar-refractivity contribution is 5.81. The van der Waals surface area contributed by atoms with Gasteiger partial charge >= 0.3 is 0 Å². The second-order valence-electron chi connectivity index (χ2n) is 9.70. The summed E-state index contributed by atoms with van der Waals surface area (Å²) in [5, 5.41) is 3.16. The lowest BCUT2D eigenvalue weighted by molar-refractivity contribution is -0.128. The van der Waals surface area contributed by atoms with E-state index in [9.17, 15) is 4.79 Å². The van der Waals surface area contributed by atoms with Crippen molar-refractivity contribution >= 4 is 5.91 Å². The Hall–Kier alpha value is -2.49. The summed E-state index contributed by atoms with van der Waals surface area (Å²) in [6.45, 7) is 14.4. The highest BCUT2D eigenvalue weighted by Gasteiger charge is 2.35. The molecule has 4 heteroatoms. The number of benzene rings is 2. The molecule has 0 spiro atoms. The van der Waals surface area contributed by atoms with E-state index in [2.05, 4.69) is 44.3 Å². The lowest BCUT2D eigenvalue weighted by atomic mass is 9.87. The van der Waals surface area contributed by atoms with Crippen LogP contribution in [-0.4, -0.2) is 17.6 Å². The standard InChI is InChI=1S/C25H33NO3/c1-16-8-13-20-21(15-25(6,7)29-22(20)14-16)26-23(27)17(2)28-19-11-9-18(10-12-19)24(3,4)5/h8-14,17,21H,15H2,1-7H3,(H,26,27)/t17-,21+/m0/s1. The maximum absolute atomic E-state index is 12.9. The summed E-state index contributed by atoms with van der Waals surface area (Å²) in [7, 11) is 0. The quantitative estimate of drug-likeness (QED) is 0.746. The normalized spacial score (nSPS) is 18.9. The van der Waals surface area contributed by atoms with Crippen molar-refractivity contribution in [3.63, 3.8) is 0 Å². The van der Waals surface area contributed by atoms with E-state index in [0.717, 1.165) is 16.9 Å². The van der Waals surface area contributed by atoms with Crippen LogP contribution >= 0.6 is 0 Å². The first-order valence-electron chi connectivity index (χ1n) is 10.3. The van der Waals surface area contributed by atoms with Crippen LogP contribution < -0.4 is 14.8 Å². The molecule has 1 amide bonds. The Morgan fingerprint density at radius 3 is 2.45 bits per heavy atom. The lowest BCUT2D eigenvalue weighted by Crippen LogP contribution is -2.44. The molecule has 0 aliphatic carbocycles. The number of amides is 1. The zero-order chi connectivity index (χ0) is 21.4. The van der Waals surface area contributed by atoms with Crippen molar-refractivity contribution in [2.75, 3.05) is 0 Å². The molecule has 0 fully saturated rings. The number of carbonyl (C=O) groups excluding carboxylic acids is 1. The second kappa shape index (κ2) is 7.74. The van der Waals surface area contributed by atoms with Gasteiger partial charge in [-0.15, -0.1) is 0 Å². The minimum atomic E-state index is -0.588. The van der Waals surface area contributed by atoms with E-state index >= 15 is 0 Å². The molecule has 2 atom stereocenters. The highest BCUT2D eigenvalue weighted by atomic mass is 16.5. The monoisotopic (exact) mass is 395 g/mol. The molecule has 0 aromatic heterocycles. The van der Waals surface area contributed by atoms with E-state index in [1.807, 2.05) is 45.0 Å². The van der Waals surface area contributed by atoms with Crippen molar-refractivity contribution in [1.82, 2.24) is 5.32 Å². The SMILES string of the molecule is Cc1ccc2c(c1)OC(C)(C)C[C@H]2NC(=O)[C@H](C)Oc1ccc(C(C)(C)C)cc1. The van der Waals surface area contributed by atoms with Gasteiger partial charge in [0.25, 0.3) is 5.91 Å². The minimum absolute atomic E-state index is 0.0864. The van der Waals surface area contributed by atoms with Crippen molar-refractivity contribution < 1.29 is 14.3 Å². The second-order valence-corrected chi connectivity index (χ2v) is 9.70. The molecule has 1 heterocycles. The molecule has 29 heavy (non-hydrogen) atoms. The molecule has 0 radical (unpaired) electrons. The predicted molar refractivity (Wildman–Crippen MR) is 117 cm³/mol. The summed E-state index contributed by atoms with van der Waals surface area (Å²) in [5.41, 5.74) is 3.14. The molecule has 2 aromatic rings. The van der Waals surface area contributed by atoms with Gasteiger partial charge in [-0.25, -0.2) is 0 Å².